The van der Waals surface area contributed by atoms with Gasteiger partial charge in [-0.05, 0) is 18.8 Å². The van der Waals surface area contributed by atoms with Crippen molar-refractivity contribution in [3.63, 3.8) is 0 Å². The number of carbonyl (C=O) groups is 3. The normalized spacial score (nSPS) is 19.9. The van der Waals surface area contributed by atoms with E-state index in [1.807, 2.05) is 13.8 Å². The molecular formula is C21H38N2O7. The molecule has 0 aromatic rings. The Hall–Kier alpha value is -1.55. The van der Waals surface area contributed by atoms with Crippen LogP contribution in [0, 0.1) is 5.92 Å². The molecule has 1 aliphatic rings. The number of unbranched alkanes of at least 4 members (excludes halogenated alkanes) is 3. The van der Waals surface area contributed by atoms with Gasteiger partial charge in [-0.25, -0.2) is 0 Å². The first-order valence-electron chi connectivity index (χ1n) is 10.7. The highest BCUT2D eigenvalue weighted by molar-refractivity contribution is 5.98. The molecule has 9 nitrogen and oxygen atoms in total. The lowest BCUT2D eigenvalue weighted by Gasteiger charge is -2.25. The first-order valence-corrected chi connectivity index (χ1v) is 10.7. The summed E-state index contributed by atoms with van der Waals surface area (Å²) in [6.45, 7) is 5.72. The lowest BCUT2D eigenvalue weighted by Crippen LogP contribution is -2.55. The molecule has 0 saturated carbocycles. The van der Waals surface area contributed by atoms with Gasteiger partial charge in [0.25, 0.3) is 0 Å². The molecule has 0 aliphatic carbocycles. The van der Waals surface area contributed by atoms with E-state index in [-0.39, 0.29) is 37.6 Å². The monoisotopic (exact) mass is 430 g/mol. The summed E-state index contributed by atoms with van der Waals surface area (Å²) in [6.07, 6.45) is 4.49. The summed E-state index contributed by atoms with van der Waals surface area (Å²) >= 11 is 0. The topological polar surface area (TPSA) is 126 Å². The zero-order valence-corrected chi connectivity index (χ0v) is 18.7. The number of epoxide rings is 1. The molecule has 30 heavy (non-hydrogen) atoms. The maximum atomic E-state index is 13.0. The molecule has 1 aliphatic heterocycles. The number of aliphatic hydroxyl groups excluding tert-OH is 1. The third-order valence-electron chi connectivity index (χ3n) is 4.91. The number of nitrogens with one attached hydrogen (secondary N) is 2. The molecule has 3 atom stereocenters. The van der Waals surface area contributed by atoms with Crippen LogP contribution in [0.2, 0.25) is 0 Å². The van der Waals surface area contributed by atoms with Crippen LogP contribution in [0.1, 0.15) is 59.3 Å². The van der Waals surface area contributed by atoms with Gasteiger partial charge in [-0.15, -0.1) is 0 Å². The van der Waals surface area contributed by atoms with Gasteiger partial charge in [0.2, 0.25) is 11.8 Å². The number of ether oxygens (including phenoxy) is 3. The van der Waals surface area contributed by atoms with Crippen LogP contribution in [-0.4, -0.2) is 74.1 Å². The van der Waals surface area contributed by atoms with Crippen molar-refractivity contribution in [2.24, 2.45) is 5.92 Å². The number of Topliss-reactive ketones (excluding diaryl/α,β-unsaturated/α-hetero) is 1. The van der Waals surface area contributed by atoms with Crippen LogP contribution in [0.5, 0.6) is 0 Å². The number of aliphatic hydroxyl groups is 1. The second kappa shape index (κ2) is 13.7. The Morgan fingerprint density at radius 2 is 1.83 bits per heavy atom. The standard InChI is InChI=1S/C21H38N2O7/c1-5-6-7-8-9-18(25)22-17(11-24)20(27)23-16(10-15(2)3)19(26)21(13-30-21)12-29-14-28-4/h15-17,24H,5-14H2,1-4H3,(H,22,25)(H,23,27)/t16-,17-,21+/m0/s1. The minimum atomic E-state index is -1.10. The maximum absolute atomic E-state index is 13.0. The molecule has 3 N–H and O–H groups in total. The maximum Gasteiger partial charge on any atom is 0.245 e. The van der Waals surface area contributed by atoms with E-state index in [0.717, 1.165) is 25.7 Å². The number of ketones is 1. The Balaban J connectivity index is 2.67. The van der Waals surface area contributed by atoms with Crippen LogP contribution >= 0.6 is 0 Å². The van der Waals surface area contributed by atoms with E-state index >= 15 is 0 Å². The first kappa shape index (κ1) is 26.5. The zero-order valence-electron chi connectivity index (χ0n) is 18.7. The highest BCUT2D eigenvalue weighted by atomic mass is 16.7. The molecule has 0 radical (unpaired) electrons. The van der Waals surface area contributed by atoms with Crippen molar-refractivity contribution >= 4 is 17.6 Å². The number of hydrogen-bond donors (Lipinski definition) is 3. The van der Waals surface area contributed by atoms with Crippen molar-refractivity contribution in [2.75, 3.05) is 33.7 Å². The van der Waals surface area contributed by atoms with E-state index in [1.54, 1.807) is 0 Å². The molecule has 1 heterocycles. The van der Waals surface area contributed by atoms with Crippen molar-refractivity contribution < 1.29 is 33.7 Å². The van der Waals surface area contributed by atoms with Gasteiger partial charge in [-0.1, -0.05) is 40.0 Å². The predicted octanol–water partition coefficient (Wildman–Crippen LogP) is 0.923. The minimum absolute atomic E-state index is 0.0382. The second-order valence-corrected chi connectivity index (χ2v) is 8.21. The predicted molar refractivity (Wildman–Crippen MR) is 111 cm³/mol. The molecule has 0 spiro atoms. The Morgan fingerprint density at radius 1 is 1.13 bits per heavy atom. The average molecular weight is 431 g/mol. The summed E-state index contributed by atoms with van der Waals surface area (Å²) in [5, 5.41) is 14.8. The Bertz CT molecular complexity index is 549. The molecule has 0 aromatic heterocycles. The van der Waals surface area contributed by atoms with Gasteiger partial charge in [0.1, 0.15) is 12.8 Å². The highest BCUT2D eigenvalue weighted by Gasteiger charge is 2.55. The third-order valence-corrected chi connectivity index (χ3v) is 4.91. The number of hydrogen-bond acceptors (Lipinski definition) is 7. The lowest BCUT2D eigenvalue weighted by atomic mass is 9.92. The van der Waals surface area contributed by atoms with Gasteiger partial charge in [-0.2, -0.15) is 0 Å². The smallest absolute Gasteiger partial charge is 0.245 e. The molecule has 0 bridgehead atoms. The van der Waals surface area contributed by atoms with Crippen LogP contribution in [0.4, 0.5) is 0 Å². The number of methoxy groups -OCH3 is 1. The van der Waals surface area contributed by atoms with E-state index < -0.39 is 30.2 Å². The van der Waals surface area contributed by atoms with Crippen molar-refractivity contribution in [3.8, 4) is 0 Å². The Labute approximate surface area is 179 Å². The molecule has 1 saturated heterocycles. The van der Waals surface area contributed by atoms with Crippen LogP contribution in [-0.2, 0) is 28.6 Å². The first-order chi connectivity index (χ1) is 14.3. The molecule has 174 valence electrons. The summed E-state index contributed by atoms with van der Waals surface area (Å²) in [7, 11) is 1.48. The molecule has 0 unspecified atom stereocenters. The fourth-order valence-corrected chi connectivity index (χ4v) is 3.14. The molecule has 1 rings (SSSR count). The van der Waals surface area contributed by atoms with E-state index in [4.69, 9.17) is 14.2 Å². The third kappa shape index (κ3) is 9.07. The van der Waals surface area contributed by atoms with Gasteiger partial charge < -0.3 is 30.0 Å². The molecule has 2 amide bonds. The van der Waals surface area contributed by atoms with Crippen molar-refractivity contribution in [1.82, 2.24) is 10.6 Å². The second-order valence-electron chi connectivity index (χ2n) is 8.21. The quantitative estimate of drug-likeness (QED) is 0.178. The summed E-state index contributed by atoms with van der Waals surface area (Å²) in [5.41, 5.74) is -1.08. The fourth-order valence-electron chi connectivity index (χ4n) is 3.14. The Kier molecular flexibility index (Phi) is 12.1. The van der Waals surface area contributed by atoms with E-state index in [2.05, 4.69) is 17.6 Å². The van der Waals surface area contributed by atoms with E-state index in [1.165, 1.54) is 7.11 Å². The van der Waals surface area contributed by atoms with Gasteiger partial charge in [-0.3, -0.25) is 14.4 Å². The average Bonchev–Trinajstić information content (AvgIpc) is 3.49. The van der Waals surface area contributed by atoms with Gasteiger partial charge >= 0.3 is 0 Å². The van der Waals surface area contributed by atoms with Crippen molar-refractivity contribution in [3.05, 3.63) is 0 Å². The molecule has 9 heteroatoms. The van der Waals surface area contributed by atoms with E-state index in [9.17, 15) is 19.5 Å². The summed E-state index contributed by atoms with van der Waals surface area (Å²) < 4.78 is 15.5. The van der Waals surface area contributed by atoms with Gasteiger partial charge in [0.05, 0.1) is 25.9 Å². The summed E-state index contributed by atoms with van der Waals surface area (Å²) in [6, 6.07) is -1.91. The molecule has 0 aromatic carbocycles. The van der Waals surface area contributed by atoms with Crippen molar-refractivity contribution in [1.29, 1.82) is 0 Å². The highest BCUT2D eigenvalue weighted by Crippen LogP contribution is 2.31. The minimum Gasteiger partial charge on any atom is -0.394 e. The number of rotatable bonds is 17. The lowest BCUT2D eigenvalue weighted by molar-refractivity contribution is -0.136. The van der Waals surface area contributed by atoms with Crippen LogP contribution in [0.3, 0.4) is 0 Å². The molecule has 1 fully saturated rings. The molecular weight excluding hydrogens is 392 g/mol. The van der Waals surface area contributed by atoms with Gasteiger partial charge in [0.15, 0.2) is 11.4 Å². The number of amides is 2. The largest absolute Gasteiger partial charge is 0.394 e. The fraction of sp³-hybridized carbons (Fsp3) is 0.857. The van der Waals surface area contributed by atoms with E-state index in [0.29, 0.717) is 12.8 Å². The zero-order chi connectivity index (χ0) is 22.6. The van der Waals surface area contributed by atoms with Crippen LogP contribution < -0.4 is 10.6 Å². The van der Waals surface area contributed by atoms with Gasteiger partial charge in [0, 0.05) is 13.5 Å². The SMILES string of the molecule is CCCCCCC(=O)N[C@@H](CO)C(=O)N[C@@H](CC(C)C)C(=O)[C@@]1(COCOC)CO1. The number of carbonyl (C=O) groups excluding carboxylic acids is 3. The summed E-state index contributed by atoms with van der Waals surface area (Å²) in [5.74, 6) is -1.02. The van der Waals surface area contributed by atoms with Crippen LogP contribution in [0.25, 0.3) is 0 Å². The summed E-state index contributed by atoms with van der Waals surface area (Å²) in [4.78, 5) is 37.8. The Morgan fingerprint density at radius 3 is 2.37 bits per heavy atom. The van der Waals surface area contributed by atoms with Crippen LogP contribution in [0.15, 0.2) is 0 Å². The van der Waals surface area contributed by atoms with Crippen molar-refractivity contribution in [2.45, 2.75) is 77.0 Å².